The molecule has 2 saturated heterocycles. The van der Waals surface area contributed by atoms with Crippen molar-refractivity contribution in [2.24, 2.45) is 0 Å². The second-order valence-electron chi connectivity index (χ2n) is 11.4. The number of benzene rings is 3. The molecule has 0 atom stereocenters. The van der Waals surface area contributed by atoms with Crippen LogP contribution >= 0.6 is 0 Å². The predicted octanol–water partition coefficient (Wildman–Crippen LogP) is 4.66. The molecule has 2 fully saturated rings. The summed E-state index contributed by atoms with van der Waals surface area (Å²) in [6.07, 6.45) is 2.43. The maximum absolute atomic E-state index is 11.5. The molecule has 0 bridgehead atoms. The Labute approximate surface area is 236 Å². The fourth-order valence-corrected chi connectivity index (χ4v) is 6.34. The third-order valence-corrected chi connectivity index (χ3v) is 8.82. The van der Waals surface area contributed by atoms with Gasteiger partial charge in [-0.2, -0.15) is 0 Å². The fraction of sp³-hybridized carbons (Fsp3) is 0.424. The number of nitrogens with zero attached hydrogens (tertiary/aromatic N) is 2. The van der Waals surface area contributed by atoms with Crippen molar-refractivity contribution >= 4 is 11.7 Å². The fourth-order valence-electron chi connectivity index (χ4n) is 6.34. The Morgan fingerprint density at radius 2 is 1.62 bits per heavy atom. The van der Waals surface area contributed by atoms with Gasteiger partial charge in [0.05, 0.1) is 20.3 Å². The topological polar surface area (TPSA) is 60.5 Å². The molecular weight excluding hydrogens is 504 g/mol. The van der Waals surface area contributed by atoms with Crippen LogP contribution in [-0.2, 0) is 43.2 Å². The largest absolute Gasteiger partial charge is 0.489 e. The van der Waals surface area contributed by atoms with E-state index >= 15 is 0 Å². The summed E-state index contributed by atoms with van der Waals surface area (Å²) in [6, 6.07) is 25.6. The van der Waals surface area contributed by atoms with E-state index in [1.807, 2.05) is 24.3 Å². The van der Waals surface area contributed by atoms with Gasteiger partial charge in [0.1, 0.15) is 24.6 Å². The molecule has 0 radical (unpaired) electrons. The minimum absolute atomic E-state index is 0.0984. The lowest BCUT2D eigenvalue weighted by Crippen LogP contribution is -2.49. The second-order valence-corrected chi connectivity index (χ2v) is 11.4. The number of hydrogen-bond acceptors (Lipinski definition) is 7. The Morgan fingerprint density at radius 3 is 2.30 bits per heavy atom. The number of para-hydroxylation sites is 1. The van der Waals surface area contributed by atoms with Crippen molar-refractivity contribution in [1.29, 1.82) is 0 Å². The summed E-state index contributed by atoms with van der Waals surface area (Å²) >= 11 is 0. The highest BCUT2D eigenvalue weighted by atomic mass is 16.6. The number of carbonyl (C=O) groups excluding carboxylic acids is 1. The maximum Gasteiger partial charge on any atom is 0.331 e. The van der Waals surface area contributed by atoms with E-state index in [4.69, 9.17) is 18.9 Å². The highest BCUT2D eigenvalue weighted by molar-refractivity contribution is 5.70. The van der Waals surface area contributed by atoms with Crippen LogP contribution in [0.15, 0.2) is 72.8 Å². The van der Waals surface area contributed by atoms with Gasteiger partial charge >= 0.3 is 5.97 Å². The van der Waals surface area contributed by atoms with Crippen molar-refractivity contribution < 1.29 is 23.7 Å². The summed E-state index contributed by atoms with van der Waals surface area (Å²) in [5.41, 5.74) is 6.10. The third kappa shape index (κ3) is 5.33. The first kappa shape index (κ1) is 26.8. The Balaban J connectivity index is 0.987. The van der Waals surface area contributed by atoms with E-state index in [0.29, 0.717) is 25.2 Å². The van der Waals surface area contributed by atoms with Gasteiger partial charge in [-0.1, -0.05) is 54.6 Å². The van der Waals surface area contributed by atoms with Gasteiger partial charge in [-0.25, -0.2) is 4.79 Å². The van der Waals surface area contributed by atoms with Crippen molar-refractivity contribution in [2.75, 3.05) is 58.5 Å². The van der Waals surface area contributed by atoms with Crippen molar-refractivity contribution in [2.45, 2.75) is 37.0 Å². The summed E-state index contributed by atoms with van der Waals surface area (Å²) in [5.74, 6) is 0.391. The number of piperidine rings is 1. The highest BCUT2D eigenvalue weighted by Crippen LogP contribution is 2.46. The molecule has 3 aliphatic heterocycles. The van der Waals surface area contributed by atoms with Gasteiger partial charge in [-0.05, 0) is 66.4 Å². The monoisotopic (exact) mass is 542 g/mol. The molecule has 3 heterocycles. The van der Waals surface area contributed by atoms with Crippen LogP contribution in [0.4, 0.5) is 5.69 Å². The molecule has 7 heteroatoms. The number of rotatable bonds is 9. The molecule has 0 aliphatic carbocycles. The Hall–Kier alpha value is -3.39. The van der Waals surface area contributed by atoms with Crippen molar-refractivity contribution in [3.05, 3.63) is 95.1 Å². The number of carbonyl (C=O) groups is 1. The number of likely N-dealkylation sites (N-methyl/N-ethyl adjacent to an activating group) is 1. The molecule has 0 amide bonds. The smallest absolute Gasteiger partial charge is 0.331 e. The molecule has 40 heavy (non-hydrogen) atoms. The van der Waals surface area contributed by atoms with E-state index in [9.17, 15) is 4.79 Å². The normalized spacial score (nSPS) is 19.2. The molecule has 1 spiro atoms. The summed E-state index contributed by atoms with van der Waals surface area (Å²) in [7, 11) is 3.58. The molecule has 210 valence electrons. The van der Waals surface area contributed by atoms with Gasteiger partial charge < -0.3 is 23.8 Å². The van der Waals surface area contributed by atoms with Crippen molar-refractivity contribution in [3.63, 3.8) is 0 Å². The average molecular weight is 543 g/mol. The van der Waals surface area contributed by atoms with E-state index in [-0.39, 0.29) is 6.61 Å². The van der Waals surface area contributed by atoms with Crippen LogP contribution in [0.25, 0.3) is 0 Å². The predicted molar refractivity (Wildman–Crippen MR) is 154 cm³/mol. The van der Waals surface area contributed by atoms with Crippen LogP contribution in [0.2, 0.25) is 0 Å². The molecule has 0 aromatic heterocycles. The van der Waals surface area contributed by atoms with E-state index in [1.54, 1.807) is 5.56 Å². The quantitative estimate of drug-likeness (QED) is 0.365. The van der Waals surface area contributed by atoms with Crippen LogP contribution in [0.5, 0.6) is 5.75 Å². The zero-order valence-corrected chi connectivity index (χ0v) is 23.4. The summed E-state index contributed by atoms with van der Waals surface area (Å²) in [6.45, 7) is 5.62. The number of anilines is 1. The number of hydrogen-bond donors (Lipinski definition) is 0. The second kappa shape index (κ2) is 11.2. The zero-order chi connectivity index (χ0) is 27.6. The van der Waals surface area contributed by atoms with Crippen LogP contribution in [0.3, 0.4) is 0 Å². The molecule has 6 rings (SSSR count). The molecule has 0 N–H and O–H groups in total. The SMILES string of the molecule is COC(=O)COC1(c2ccc(OCc3ccc(CN4CCC5(CC4)CN(C)c4ccccc45)cc3)cc2)COC1. The van der Waals surface area contributed by atoms with Gasteiger partial charge in [0.15, 0.2) is 0 Å². The number of ether oxygens (including phenoxy) is 4. The van der Waals surface area contributed by atoms with Gasteiger partial charge in [-0.3, -0.25) is 4.90 Å². The minimum Gasteiger partial charge on any atom is -0.489 e. The third-order valence-electron chi connectivity index (χ3n) is 8.82. The van der Waals surface area contributed by atoms with Gasteiger partial charge in [0.2, 0.25) is 0 Å². The minimum atomic E-state index is -0.602. The average Bonchev–Trinajstić information content (AvgIpc) is 3.24. The molecule has 3 aromatic rings. The summed E-state index contributed by atoms with van der Waals surface area (Å²) in [4.78, 5) is 16.5. The van der Waals surface area contributed by atoms with E-state index in [0.717, 1.165) is 43.1 Å². The van der Waals surface area contributed by atoms with E-state index in [2.05, 4.69) is 65.4 Å². The molecule has 7 nitrogen and oxygen atoms in total. The first-order valence-electron chi connectivity index (χ1n) is 14.1. The van der Waals surface area contributed by atoms with Crippen LogP contribution in [0, 0.1) is 0 Å². The summed E-state index contributed by atoms with van der Waals surface area (Å²) in [5, 5.41) is 0. The van der Waals surface area contributed by atoms with Crippen LogP contribution in [0.1, 0.15) is 35.1 Å². The molecular formula is C33H38N2O5. The lowest BCUT2D eigenvalue weighted by atomic mass is 9.74. The van der Waals surface area contributed by atoms with Crippen LogP contribution in [-0.4, -0.2) is 64.5 Å². The molecule has 0 unspecified atom stereocenters. The lowest BCUT2D eigenvalue weighted by Gasteiger charge is -2.41. The van der Waals surface area contributed by atoms with Crippen molar-refractivity contribution in [1.82, 2.24) is 4.90 Å². The standard InChI is InChI=1S/C33H38N2O5/c1-34-22-32(29-5-3-4-6-30(29)34)15-17-35(18-16-32)19-25-7-9-26(10-8-25)20-39-28-13-11-27(12-14-28)33(23-38-24-33)40-21-31(36)37-2/h3-14H,15-24H2,1-2H3. The maximum atomic E-state index is 11.5. The van der Waals surface area contributed by atoms with Gasteiger partial charge in [-0.15, -0.1) is 0 Å². The first-order valence-corrected chi connectivity index (χ1v) is 14.1. The Kier molecular flexibility index (Phi) is 7.53. The van der Waals surface area contributed by atoms with E-state index < -0.39 is 11.6 Å². The number of methoxy groups -OCH3 is 1. The van der Waals surface area contributed by atoms with Crippen molar-refractivity contribution in [3.8, 4) is 5.75 Å². The van der Waals surface area contributed by atoms with Gasteiger partial charge in [0.25, 0.3) is 0 Å². The lowest BCUT2D eigenvalue weighted by molar-refractivity contribution is -0.220. The number of likely N-dealkylation sites (tertiary alicyclic amines) is 1. The highest BCUT2D eigenvalue weighted by Gasteiger charge is 2.43. The molecule has 0 saturated carbocycles. The van der Waals surface area contributed by atoms with Gasteiger partial charge in [0, 0.05) is 31.2 Å². The number of fused-ring (bicyclic) bond motifs is 2. The zero-order valence-electron chi connectivity index (χ0n) is 23.4. The Morgan fingerprint density at radius 1 is 0.925 bits per heavy atom. The van der Waals surface area contributed by atoms with E-state index in [1.165, 1.54) is 31.2 Å². The first-order chi connectivity index (χ1) is 19.5. The number of esters is 1. The summed E-state index contributed by atoms with van der Waals surface area (Å²) < 4.78 is 22.0. The van der Waals surface area contributed by atoms with Crippen LogP contribution < -0.4 is 9.64 Å². The molecule has 3 aromatic carbocycles. The Bertz CT molecular complexity index is 1310. The molecule has 3 aliphatic rings.